The molecule has 0 bridgehead atoms. The third-order valence-corrected chi connectivity index (χ3v) is 3.86. The number of carbonyl (C=O) groups is 1. The summed E-state index contributed by atoms with van der Waals surface area (Å²) in [5, 5.41) is 8.97. The molecule has 1 amide bonds. The van der Waals surface area contributed by atoms with Gasteiger partial charge in [-0.25, -0.2) is 0 Å². The first kappa shape index (κ1) is 18.5. The van der Waals surface area contributed by atoms with Crippen molar-refractivity contribution in [1.29, 1.82) is 0 Å². The van der Waals surface area contributed by atoms with Crippen molar-refractivity contribution in [3.63, 3.8) is 0 Å². The number of hydrogen-bond acceptors (Lipinski definition) is 2. The van der Waals surface area contributed by atoms with Crippen LogP contribution in [0.3, 0.4) is 0 Å². The molecule has 0 radical (unpaired) electrons. The first-order valence-corrected chi connectivity index (χ1v) is 8.52. The molecule has 1 unspecified atom stereocenters. The van der Waals surface area contributed by atoms with Gasteiger partial charge in [-0.2, -0.15) is 0 Å². The molecule has 0 saturated heterocycles. The molecule has 0 aliphatic carbocycles. The van der Waals surface area contributed by atoms with E-state index in [2.05, 4.69) is 16.0 Å². The molecule has 0 saturated carbocycles. The largest absolute Gasteiger partial charge is 0.340 e. The van der Waals surface area contributed by atoms with E-state index in [9.17, 15) is 4.79 Å². The van der Waals surface area contributed by atoms with Crippen LogP contribution < -0.4 is 16.0 Å². The van der Waals surface area contributed by atoms with Gasteiger partial charge in [-0.3, -0.25) is 4.79 Å². The number of halogens is 2. The van der Waals surface area contributed by atoms with E-state index in [-0.39, 0.29) is 5.91 Å². The van der Waals surface area contributed by atoms with Crippen LogP contribution in [0.4, 0.5) is 5.69 Å². The second kappa shape index (κ2) is 8.87. The molecule has 4 nitrogen and oxygen atoms in total. The molecule has 0 heterocycles. The van der Waals surface area contributed by atoms with E-state index in [4.69, 9.17) is 35.4 Å². The minimum Gasteiger partial charge on any atom is -0.340 e. The number of amides is 1. The highest BCUT2D eigenvalue weighted by Crippen LogP contribution is 2.11. The molecular formula is C17H17Cl2N3OS. The van der Waals surface area contributed by atoms with Crippen molar-refractivity contribution in [3.05, 3.63) is 65.7 Å². The van der Waals surface area contributed by atoms with Crippen LogP contribution in [0.2, 0.25) is 0 Å². The summed E-state index contributed by atoms with van der Waals surface area (Å²) < 4.78 is 0. The van der Waals surface area contributed by atoms with Crippen LogP contribution in [0.5, 0.6) is 0 Å². The lowest BCUT2D eigenvalue weighted by Crippen LogP contribution is -2.52. The second-order valence-corrected chi connectivity index (χ2v) is 6.69. The van der Waals surface area contributed by atoms with Crippen molar-refractivity contribution < 1.29 is 4.79 Å². The lowest BCUT2D eigenvalue weighted by Gasteiger charge is -2.23. The topological polar surface area (TPSA) is 53.2 Å². The lowest BCUT2D eigenvalue weighted by atomic mass is 10.2. The zero-order valence-corrected chi connectivity index (χ0v) is 15.3. The van der Waals surface area contributed by atoms with Crippen molar-refractivity contribution in [2.24, 2.45) is 0 Å². The summed E-state index contributed by atoms with van der Waals surface area (Å²) in [7, 11) is 0. The van der Waals surface area contributed by atoms with Crippen LogP contribution in [-0.4, -0.2) is 22.0 Å². The number of benzene rings is 2. The molecule has 0 aromatic heterocycles. The molecule has 3 N–H and O–H groups in total. The fourth-order valence-electron chi connectivity index (χ4n) is 2.01. The zero-order chi connectivity index (χ0) is 17.5. The van der Waals surface area contributed by atoms with Crippen molar-refractivity contribution in [1.82, 2.24) is 10.6 Å². The normalized spacial score (nSPS) is 11.7. The summed E-state index contributed by atoms with van der Waals surface area (Å²) in [5.41, 5.74) is 2.45. The van der Waals surface area contributed by atoms with Gasteiger partial charge in [0.2, 0.25) is 0 Å². The number of nitrogens with one attached hydrogen (secondary N) is 3. The fraction of sp³-hybridized carbons (Fsp3) is 0.176. The minimum atomic E-state index is -0.880. The predicted octanol–water partition coefficient (Wildman–Crippen LogP) is 3.84. The zero-order valence-electron chi connectivity index (χ0n) is 12.9. The summed E-state index contributed by atoms with van der Waals surface area (Å²) in [6, 6.07) is 16.5. The summed E-state index contributed by atoms with van der Waals surface area (Å²) in [6.07, 6.45) is -0.731. The van der Waals surface area contributed by atoms with Crippen molar-refractivity contribution in [3.8, 4) is 0 Å². The van der Waals surface area contributed by atoms with Gasteiger partial charge in [-0.05, 0) is 49.0 Å². The van der Waals surface area contributed by atoms with Crippen LogP contribution in [0, 0.1) is 6.92 Å². The average Bonchev–Trinajstić information content (AvgIpc) is 2.54. The molecule has 1 atom stereocenters. The molecule has 126 valence electrons. The van der Waals surface area contributed by atoms with Crippen molar-refractivity contribution >= 4 is 52.1 Å². The van der Waals surface area contributed by atoms with Crippen LogP contribution in [0.1, 0.15) is 15.9 Å². The monoisotopic (exact) mass is 381 g/mol. The number of carbonyl (C=O) groups excluding carboxylic acids is 1. The highest BCUT2D eigenvalue weighted by molar-refractivity contribution is 7.80. The Morgan fingerprint density at radius 2 is 1.75 bits per heavy atom. The second-order valence-electron chi connectivity index (χ2n) is 5.12. The molecule has 2 rings (SSSR count). The number of anilines is 1. The lowest BCUT2D eigenvalue weighted by molar-refractivity contribution is 0.0936. The molecule has 24 heavy (non-hydrogen) atoms. The molecule has 0 spiro atoms. The van der Waals surface area contributed by atoms with E-state index >= 15 is 0 Å². The highest BCUT2D eigenvalue weighted by atomic mass is 35.5. The summed E-state index contributed by atoms with van der Waals surface area (Å²) >= 11 is 17.2. The van der Waals surface area contributed by atoms with Crippen LogP contribution in [0.25, 0.3) is 0 Å². The quantitative estimate of drug-likeness (QED) is 0.418. The summed E-state index contributed by atoms with van der Waals surface area (Å²) in [5.74, 6) is -0.294. The van der Waals surface area contributed by atoms with Gasteiger partial charge in [0, 0.05) is 11.3 Å². The predicted molar refractivity (Wildman–Crippen MR) is 104 cm³/mol. The Morgan fingerprint density at radius 1 is 1.04 bits per heavy atom. The SMILES string of the molecule is Cc1cccc(NC(=S)NC(NC(=O)c2ccccc2)C(Cl)Cl)c1. The Bertz CT molecular complexity index is 710. The third kappa shape index (κ3) is 5.67. The van der Waals surface area contributed by atoms with E-state index in [1.54, 1.807) is 24.3 Å². The van der Waals surface area contributed by atoms with Crippen LogP contribution in [-0.2, 0) is 0 Å². The molecule has 2 aromatic carbocycles. The summed E-state index contributed by atoms with van der Waals surface area (Å²) in [6.45, 7) is 1.98. The Labute approximate surface area is 156 Å². The Hall–Kier alpha value is -1.82. The third-order valence-electron chi connectivity index (χ3n) is 3.14. The molecule has 2 aromatic rings. The Balaban J connectivity index is 1.98. The van der Waals surface area contributed by atoms with Gasteiger partial charge in [0.15, 0.2) is 5.11 Å². The molecular weight excluding hydrogens is 365 g/mol. The Morgan fingerprint density at radius 3 is 2.38 bits per heavy atom. The van der Waals surface area contributed by atoms with E-state index in [1.165, 1.54) is 0 Å². The fourth-order valence-corrected chi connectivity index (χ4v) is 2.50. The van der Waals surface area contributed by atoms with Gasteiger partial charge in [0.05, 0.1) is 0 Å². The molecule has 0 aliphatic heterocycles. The maximum Gasteiger partial charge on any atom is 0.252 e. The standard InChI is InChI=1S/C17H17Cl2N3OS/c1-11-6-5-9-13(10-11)20-17(24)22-15(14(18)19)21-16(23)12-7-3-2-4-8-12/h2-10,14-15H,1H3,(H,21,23)(H2,20,22,24). The molecule has 0 fully saturated rings. The van der Waals surface area contributed by atoms with Crippen molar-refractivity contribution in [2.75, 3.05) is 5.32 Å². The maximum atomic E-state index is 12.2. The number of aryl methyl sites for hydroxylation is 1. The van der Waals surface area contributed by atoms with Gasteiger partial charge in [-0.1, -0.05) is 30.3 Å². The van der Waals surface area contributed by atoms with Gasteiger partial charge >= 0.3 is 0 Å². The smallest absolute Gasteiger partial charge is 0.252 e. The minimum absolute atomic E-state index is 0.294. The number of rotatable bonds is 5. The Kier molecular flexibility index (Phi) is 6.85. The molecule has 0 aliphatic rings. The van der Waals surface area contributed by atoms with Gasteiger partial charge in [0.1, 0.15) is 11.0 Å². The van der Waals surface area contributed by atoms with E-state index < -0.39 is 11.0 Å². The van der Waals surface area contributed by atoms with Gasteiger partial charge in [0.25, 0.3) is 5.91 Å². The number of hydrogen-bond donors (Lipinski definition) is 3. The average molecular weight is 382 g/mol. The van der Waals surface area contributed by atoms with Crippen molar-refractivity contribution in [2.45, 2.75) is 17.9 Å². The first-order valence-electron chi connectivity index (χ1n) is 7.24. The number of alkyl halides is 2. The van der Waals surface area contributed by atoms with Crippen LogP contribution >= 0.6 is 35.4 Å². The maximum absolute atomic E-state index is 12.2. The van der Waals surface area contributed by atoms with E-state index in [0.29, 0.717) is 10.7 Å². The first-order chi connectivity index (χ1) is 11.5. The van der Waals surface area contributed by atoms with Gasteiger partial charge < -0.3 is 16.0 Å². The van der Waals surface area contributed by atoms with E-state index in [0.717, 1.165) is 11.3 Å². The van der Waals surface area contributed by atoms with E-state index in [1.807, 2.05) is 37.3 Å². The highest BCUT2D eigenvalue weighted by Gasteiger charge is 2.21. The van der Waals surface area contributed by atoms with Gasteiger partial charge in [-0.15, -0.1) is 23.2 Å². The number of thiocarbonyl (C=S) groups is 1. The molecule has 7 heteroatoms. The van der Waals surface area contributed by atoms with Crippen LogP contribution in [0.15, 0.2) is 54.6 Å². The summed E-state index contributed by atoms with van der Waals surface area (Å²) in [4.78, 5) is 11.3.